The van der Waals surface area contributed by atoms with Crippen LogP contribution in [-0.2, 0) is 0 Å². The highest BCUT2D eigenvalue weighted by molar-refractivity contribution is 6.35. The van der Waals surface area contributed by atoms with Crippen LogP contribution < -0.4 is 4.74 Å². The smallest absolute Gasteiger partial charge is 0.339 e. The van der Waals surface area contributed by atoms with Crippen molar-refractivity contribution in [3.63, 3.8) is 0 Å². The molecule has 0 aliphatic rings. The number of hydrogen-bond donors (Lipinski definition) is 1. The van der Waals surface area contributed by atoms with Crippen molar-refractivity contribution in [2.45, 2.75) is 0 Å². The normalized spacial score (nSPS) is 10.3. The van der Waals surface area contributed by atoms with E-state index in [2.05, 4.69) is 0 Å². The molecule has 0 heterocycles. The van der Waals surface area contributed by atoms with Gasteiger partial charge in [0.2, 0.25) is 0 Å². The molecule has 0 spiro atoms. The maximum atomic E-state index is 11.1. The molecule has 98 valence electrons. The van der Waals surface area contributed by atoms with E-state index in [-0.39, 0.29) is 27.1 Å². The average Bonchev–Trinajstić information content (AvgIpc) is 2.34. The van der Waals surface area contributed by atoms with Crippen molar-refractivity contribution in [2.75, 3.05) is 0 Å². The average molecular weight is 318 g/mol. The summed E-state index contributed by atoms with van der Waals surface area (Å²) in [6, 6.07) is 9.08. The summed E-state index contributed by atoms with van der Waals surface area (Å²) < 4.78 is 5.48. The minimum Gasteiger partial charge on any atom is -0.478 e. The molecular formula is C13H7Cl3O3. The number of aromatic carboxylic acids is 1. The molecule has 0 radical (unpaired) electrons. The van der Waals surface area contributed by atoms with Crippen LogP contribution in [0.4, 0.5) is 0 Å². The number of ether oxygens (including phenoxy) is 1. The largest absolute Gasteiger partial charge is 0.478 e. The van der Waals surface area contributed by atoms with Crippen molar-refractivity contribution in [1.82, 2.24) is 0 Å². The topological polar surface area (TPSA) is 46.5 Å². The van der Waals surface area contributed by atoms with Crippen LogP contribution in [0.25, 0.3) is 0 Å². The summed E-state index contributed by atoms with van der Waals surface area (Å²) in [7, 11) is 0. The van der Waals surface area contributed by atoms with Gasteiger partial charge in [-0.3, -0.25) is 0 Å². The number of hydrogen-bond acceptors (Lipinski definition) is 2. The van der Waals surface area contributed by atoms with Crippen molar-refractivity contribution in [2.24, 2.45) is 0 Å². The van der Waals surface area contributed by atoms with E-state index < -0.39 is 5.97 Å². The molecular weight excluding hydrogens is 310 g/mol. The summed E-state index contributed by atoms with van der Waals surface area (Å²) >= 11 is 17.7. The number of halogens is 3. The van der Waals surface area contributed by atoms with Gasteiger partial charge < -0.3 is 9.84 Å². The van der Waals surface area contributed by atoms with Gasteiger partial charge in [-0.2, -0.15) is 0 Å². The lowest BCUT2D eigenvalue weighted by Crippen LogP contribution is -2.00. The highest BCUT2D eigenvalue weighted by Gasteiger charge is 2.16. The van der Waals surface area contributed by atoms with E-state index in [0.717, 1.165) is 0 Å². The zero-order chi connectivity index (χ0) is 14.0. The molecule has 0 saturated heterocycles. The van der Waals surface area contributed by atoms with Gasteiger partial charge in [-0.15, -0.1) is 0 Å². The standard InChI is InChI=1S/C13H7Cl3O3/c14-7-4-5-11(10(16)6-7)19-12-8(13(17)18)2-1-3-9(12)15/h1-6H,(H,17,18). The molecule has 0 aliphatic carbocycles. The number of benzene rings is 2. The maximum Gasteiger partial charge on any atom is 0.339 e. The summed E-state index contributed by atoms with van der Waals surface area (Å²) in [6.45, 7) is 0. The van der Waals surface area contributed by atoms with E-state index in [4.69, 9.17) is 44.6 Å². The fourth-order valence-electron chi connectivity index (χ4n) is 1.45. The van der Waals surface area contributed by atoms with Crippen LogP contribution in [0.1, 0.15) is 10.4 Å². The fraction of sp³-hybridized carbons (Fsp3) is 0. The third kappa shape index (κ3) is 3.13. The number of carbonyl (C=O) groups is 1. The summed E-state index contributed by atoms with van der Waals surface area (Å²) in [5, 5.41) is 10.00. The molecule has 2 aromatic rings. The minimum absolute atomic E-state index is 0.0425. The Balaban J connectivity index is 2.46. The SMILES string of the molecule is O=C(O)c1cccc(Cl)c1Oc1ccc(Cl)cc1Cl. The predicted octanol–water partition coefficient (Wildman–Crippen LogP) is 5.14. The monoisotopic (exact) mass is 316 g/mol. The fourth-order valence-corrected chi connectivity index (χ4v) is 2.11. The third-order valence-electron chi connectivity index (χ3n) is 2.30. The van der Waals surface area contributed by atoms with E-state index in [9.17, 15) is 4.79 Å². The van der Waals surface area contributed by atoms with Crippen LogP contribution in [0.3, 0.4) is 0 Å². The van der Waals surface area contributed by atoms with E-state index in [1.54, 1.807) is 12.1 Å². The molecule has 0 aliphatic heterocycles. The van der Waals surface area contributed by atoms with Crippen molar-refractivity contribution >= 4 is 40.8 Å². The number of carboxylic acids is 1. The number of rotatable bonds is 3. The number of para-hydroxylation sites is 1. The van der Waals surface area contributed by atoms with Crippen LogP contribution in [0.5, 0.6) is 11.5 Å². The third-order valence-corrected chi connectivity index (χ3v) is 3.13. The van der Waals surface area contributed by atoms with Crippen LogP contribution in [-0.4, -0.2) is 11.1 Å². The Hall–Kier alpha value is -1.42. The zero-order valence-corrected chi connectivity index (χ0v) is 11.6. The Labute approximate surface area is 124 Å². The second-order valence-corrected chi connectivity index (χ2v) is 4.85. The first kappa shape index (κ1) is 14.0. The van der Waals surface area contributed by atoms with E-state index in [0.29, 0.717) is 5.02 Å². The lowest BCUT2D eigenvalue weighted by Gasteiger charge is -2.11. The van der Waals surface area contributed by atoms with Gasteiger partial charge in [0.15, 0.2) is 5.75 Å². The molecule has 0 amide bonds. The molecule has 2 rings (SSSR count). The molecule has 0 atom stereocenters. The van der Waals surface area contributed by atoms with Crippen molar-refractivity contribution in [3.05, 3.63) is 57.0 Å². The zero-order valence-electron chi connectivity index (χ0n) is 9.36. The van der Waals surface area contributed by atoms with Gasteiger partial charge in [-0.1, -0.05) is 40.9 Å². The Morgan fingerprint density at radius 2 is 1.79 bits per heavy atom. The summed E-state index contributed by atoms with van der Waals surface area (Å²) in [5.74, 6) is -0.815. The molecule has 0 bridgehead atoms. The van der Waals surface area contributed by atoms with Gasteiger partial charge >= 0.3 is 5.97 Å². The minimum atomic E-state index is -1.14. The Kier molecular flexibility index (Phi) is 4.20. The van der Waals surface area contributed by atoms with Gasteiger partial charge in [0.25, 0.3) is 0 Å². The molecule has 0 fully saturated rings. The summed E-state index contributed by atoms with van der Waals surface area (Å²) in [5.41, 5.74) is -0.0430. The van der Waals surface area contributed by atoms with Gasteiger partial charge in [0, 0.05) is 5.02 Å². The second-order valence-electron chi connectivity index (χ2n) is 3.60. The van der Waals surface area contributed by atoms with Crippen LogP contribution in [0, 0.1) is 0 Å². The van der Waals surface area contributed by atoms with E-state index in [1.165, 1.54) is 24.3 Å². The first-order valence-electron chi connectivity index (χ1n) is 5.13. The number of carboxylic acid groups (broad SMARTS) is 1. The molecule has 0 aromatic heterocycles. The van der Waals surface area contributed by atoms with Gasteiger partial charge in [0.05, 0.1) is 10.0 Å². The lowest BCUT2D eigenvalue weighted by atomic mass is 10.2. The maximum absolute atomic E-state index is 11.1. The summed E-state index contributed by atoms with van der Waals surface area (Å²) in [6.07, 6.45) is 0. The predicted molar refractivity (Wildman–Crippen MR) is 74.9 cm³/mol. The first-order chi connectivity index (χ1) is 8.99. The Morgan fingerprint density at radius 3 is 2.42 bits per heavy atom. The van der Waals surface area contributed by atoms with Gasteiger partial charge in [0.1, 0.15) is 11.3 Å². The molecule has 1 N–H and O–H groups in total. The molecule has 6 heteroatoms. The Bertz CT molecular complexity index is 641. The molecule has 19 heavy (non-hydrogen) atoms. The van der Waals surface area contributed by atoms with Crippen molar-refractivity contribution in [1.29, 1.82) is 0 Å². The quantitative estimate of drug-likeness (QED) is 0.853. The van der Waals surface area contributed by atoms with E-state index in [1.807, 2.05) is 0 Å². The van der Waals surface area contributed by atoms with Gasteiger partial charge in [-0.25, -0.2) is 4.79 Å². The molecule has 0 saturated carbocycles. The van der Waals surface area contributed by atoms with Crippen LogP contribution in [0.2, 0.25) is 15.1 Å². The lowest BCUT2D eigenvalue weighted by molar-refractivity contribution is 0.0694. The van der Waals surface area contributed by atoms with Crippen molar-refractivity contribution < 1.29 is 14.6 Å². The highest BCUT2D eigenvalue weighted by atomic mass is 35.5. The molecule has 2 aromatic carbocycles. The second kappa shape index (κ2) is 5.70. The van der Waals surface area contributed by atoms with Crippen LogP contribution >= 0.6 is 34.8 Å². The molecule has 3 nitrogen and oxygen atoms in total. The molecule has 0 unspecified atom stereocenters. The first-order valence-corrected chi connectivity index (χ1v) is 6.27. The van der Waals surface area contributed by atoms with E-state index >= 15 is 0 Å². The Morgan fingerprint density at radius 1 is 1.05 bits per heavy atom. The van der Waals surface area contributed by atoms with Gasteiger partial charge in [-0.05, 0) is 30.3 Å². The highest BCUT2D eigenvalue weighted by Crippen LogP contribution is 2.37. The summed E-state index contributed by atoms with van der Waals surface area (Å²) in [4.78, 5) is 11.1. The van der Waals surface area contributed by atoms with Crippen LogP contribution in [0.15, 0.2) is 36.4 Å². The van der Waals surface area contributed by atoms with Crippen molar-refractivity contribution in [3.8, 4) is 11.5 Å².